The molecule has 1 atom stereocenters. The predicted molar refractivity (Wildman–Crippen MR) is 141 cm³/mol. The van der Waals surface area contributed by atoms with Crippen LogP contribution >= 0.6 is 11.3 Å². The summed E-state index contributed by atoms with van der Waals surface area (Å²) in [4.78, 5) is 27.9. The number of fused-ring (bicyclic) bond motifs is 2. The molecule has 0 spiro atoms. The maximum absolute atomic E-state index is 12.8. The van der Waals surface area contributed by atoms with Crippen LogP contribution in [0.5, 0.6) is 0 Å². The van der Waals surface area contributed by atoms with E-state index in [9.17, 15) is 14.9 Å². The number of benzene rings is 2. The largest absolute Gasteiger partial charge is 0.465 e. The van der Waals surface area contributed by atoms with Crippen LogP contribution in [-0.4, -0.2) is 29.2 Å². The third-order valence-electron chi connectivity index (χ3n) is 5.87. The molecular weight excluding hydrogens is 472 g/mol. The molecule has 186 valence electrons. The van der Waals surface area contributed by atoms with E-state index >= 15 is 0 Å². The zero-order valence-electron chi connectivity index (χ0n) is 21.0. The van der Waals surface area contributed by atoms with Gasteiger partial charge < -0.3 is 9.47 Å². The van der Waals surface area contributed by atoms with Crippen molar-refractivity contribution in [3.63, 3.8) is 0 Å². The Hall–Kier alpha value is -3.63. The molecular formula is C29H30N2O4S. The molecule has 2 aromatic carbocycles. The topological polar surface area (TPSA) is 79.6 Å². The number of hydrogen-bond acceptors (Lipinski definition) is 6. The summed E-state index contributed by atoms with van der Waals surface area (Å²) in [5.74, 6) is -0.669. The number of hydrogen-bond donors (Lipinski definition) is 0. The monoisotopic (exact) mass is 502 g/mol. The van der Waals surface area contributed by atoms with E-state index in [0.717, 1.165) is 31.7 Å². The van der Waals surface area contributed by atoms with E-state index < -0.39 is 11.5 Å². The van der Waals surface area contributed by atoms with Crippen LogP contribution in [0.1, 0.15) is 67.2 Å². The van der Waals surface area contributed by atoms with Crippen molar-refractivity contribution in [2.75, 3.05) is 6.61 Å². The number of esters is 1. The van der Waals surface area contributed by atoms with Gasteiger partial charge >= 0.3 is 12.1 Å². The van der Waals surface area contributed by atoms with Crippen LogP contribution in [-0.2, 0) is 27.4 Å². The first-order valence-corrected chi connectivity index (χ1v) is 12.8. The first kappa shape index (κ1) is 25.5. The van der Waals surface area contributed by atoms with Gasteiger partial charge in [-0.15, -0.1) is 11.3 Å². The lowest BCUT2D eigenvalue weighted by atomic mass is 10.0. The van der Waals surface area contributed by atoms with Crippen LogP contribution in [0.15, 0.2) is 48.5 Å². The van der Waals surface area contributed by atoms with Gasteiger partial charge in [-0.25, -0.2) is 4.79 Å². The maximum Gasteiger partial charge on any atom is 0.410 e. The minimum absolute atomic E-state index is 0.254. The summed E-state index contributed by atoms with van der Waals surface area (Å²) in [7, 11) is 0. The SMILES string of the molecule is CCOC(=O)C(C/C=C/c1ccc2c(c1)CN(C(=O)OC(C)(C)C)C2)c1cc2cc(C#N)ccc2s1. The summed E-state index contributed by atoms with van der Waals surface area (Å²) in [6.07, 6.45) is 4.19. The smallest absolute Gasteiger partial charge is 0.410 e. The number of rotatable bonds is 6. The molecule has 0 N–H and O–H groups in total. The van der Waals surface area contributed by atoms with E-state index in [0.29, 0.717) is 31.7 Å². The van der Waals surface area contributed by atoms with E-state index in [1.807, 2.05) is 63.3 Å². The molecule has 1 aliphatic heterocycles. The Bertz CT molecular complexity index is 1360. The van der Waals surface area contributed by atoms with Gasteiger partial charge in [0.15, 0.2) is 0 Å². The predicted octanol–water partition coefficient (Wildman–Crippen LogP) is 6.77. The van der Waals surface area contributed by atoms with Crippen LogP contribution in [0.3, 0.4) is 0 Å². The number of nitrogens with zero attached hydrogens (tertiary/aromatic N) is 2. The fourth-order valence-corrected chi connectivity index (χ4v) is 5.34. The van der Waals surface area contributed by atoms with Crippen LogP contribution in [0.2, 0.25) is 0 Å². The molecule has 0 saturated carbocycles. The van der Waals surface area contributed by atoms with E-state index in [1.165, 1.54) is 0 Å². The lowest BCUT2D eigenvalue weighted by Gasteiger charge is -2.24. The van der Waals surface area contributed by atoms with E-state index in [2.05, 4.69) is 12.1 Å². The van der Waals surface area contributed by atoms with Gasteiger partial charge in [-0.1, -0.05) is 24.3 Å². The highest BCUT2D eigenvalue weighted by molar-refractivity contribution is 7.19. The fourth-order valence-electron chi connectivity index (χ4n) is 4.19. The lowest BCUT2D eigenvalue weighted by molar-refractivity contribution is -0.144. The molecule has 4 rings (SSSR count). The lowest BCUT2D eigenvalue weighted by Crippen LogP contribution is -2.33. The van der Waals surface area contributed by atoms with Gasteiger partial charge in [-0.2, -0.15) is 5.26 Å². The standard InChI is InChI=1S/C29H30N2O4S/c1-5-34-27(32)24(26-15-22-14-20(16-30)10-12-25(22)36-26)8-6-7-19-9-11-21-17-31(18-23(21)13-19)28(33)35-29(2,3)4/h6-7,9-15,24H,5,8,17-18H2,1-4H3/b7-6+. The van der Waals surface area contributed by atoms with Crippen molar-refractivity contribution in [2.24, 2.45) is 0 Å². The van der Waals surface area contributed by atoms with Gasteiger partial charge in [0.1, 0.15) is 5.60 Å². The summed E-state index contributed by atoms with van der Waals surface area (Å²) < 4.78 is 11.9. The quantitative estimate of drug-likeness (QED) is 0.347. The second-order valence-corrected chi connectivity index (χ2v) is 10.9. The molecule has 1 aromatic heterocycles. The van der Waals surface area contributed by atoms with Crippen molar-refractivity contribution < 1.29 is 19.1 Å². The number of allylic oxidation sites excluding steroid dienone is 1. The summed E-state index contributed by atoms with van der Waals surface area (Å²) in [5.41, 5.74) is 3.30. The van der Waals surface area contributed by atoms with Gasteiger partial charge in [0.2, 0.25) is 0 Å². The van der Waals surface area contributed by atoms with Crippen LogP contribution in [0.25, 0.3) is 16.2 Å². The van der Waals surface area contributed by atoms with Crippen molar-refractivity contribution in [2.45, 2.75) is 58.7 Å². The zero-order valence-corrected chi connectivity index (χ0v) is 21.9. The molecule has 1 aliphatic rings. The molecule has 1 unspecified atom stereocenters. The van der Waals surface area contributed by atoms with E-state index in [1.54, 1.807) is 29.2 Å². The number of amides is 1. The van der Waals surface area contributed by atoms with Crippen molar-refractivity contribution in [3.05, 3.63) is 75.7 Å². The highest BCUT2D eigenvalue weighted by atomic mass is 32.1. The Morgan fingerprint density at radius 2 is 1.92 bits per heavy atom. The van der Waals surface area contributed by atoms with Gasteiger partial charge in [0.25, 0.3) is 0 Å². The van der Waals surface area contributed by atoms with Gasteiger partial charge in [-0.05, 0) is 86.5 Å². The normalized spacial score (nSPS) is 14.0. The van der Waals surface area contributed by atoms with Crippen molar-refractivity contribution in [3.8, 4) is 6.07 Å². The highest BCUT2D eigenvalue weighted by Crippen LogP contribution is 2.34. The average molecular weight is 503 g/mol. The third-order valence-corrected chi connectivity index (χ3v) is 7.10. The molecule has 0 bridgehead atoms. The highest BCUT2D eigenvalue weighted by Gasteiger charge is 2.28. The third kappa shape index (κ3) is 5.95. The minimum Gasteiger partial charge on any atom is -0.465 e. The summed E-state index contributed by atoms with van der Waals surface area (Å²) in [6.45, 7) is 8.78. The summed E-state index contributed by atoms with van der Waals surface area (Å²) >= 11 is 1.55. The molecule has 0 radical (unpaired) electrons. The van der Waals surface area contributed by atoms with E-state index in [4.69, 9.17) is 9.47 Å². The molecule has 1 amide bonds. The van der Waals surface area contributed by atoms with E-state index in [-0.39, 0.29) is 12.1 Å². The maximum atomic E-state index is 12.8. The van der Waals surface area contributed by atoms with Crippen molar-refractivity contribution >= 4 is 39.6 Å². The Kier molecular flexibility index (Phi) is 7.46. The second-order valence-electron chi connectivity index (χ2n) is 9.82. The summed E-state index contributed by atoms with van der Waals surface area (Å²) in [6, 6.07) is 15.9. The van der Waals surface area contributed by atoms with Crippen molar-refractivity contribution in [1.29, 1.82) is 5.26 Å². The molecule has 2 heterocycles. The molecule has 0 aliphatic carbocycles. The number of thiophene rings is 1. The Morgan fingerprint density at radius 3 is 2.64 bits per heavy atom. The molecule has 7 heteroatoms. The first-order valence-electron chi connectivity index (χ1n) is 12.0. The second kappa shape index (κ2) is 10.5. The molecule has 36 heavy (non-hydrogen) atoms. The number of ether oxygens (including phenoxy) is 2. The number of nitriles is 1. The Balaban J connectivity index is 1.48. The Morgan fingerprint density at radius 1 is 1.14 bits per heavy atom. The minimum atomic E-state index is -0.526. The first-order chi connectivity index (χ1) is 17.2. The Labute approximate surface area is 215 Å². The molecule has 0 fully saturated rings. The molecule has 6 nitrogen and oxygen atoms in total. The molecule has 3 aromatic rings. The van der Waals surface area contributed by atoms with Crippen LogP contribution in [0.4, 0.5) is 4.79 Å². The van der Waals surface area contributed by atoms with Gasteiger partial charge in [-0.3, -0.25) is 9.69 Å². The van der Waals surface area contributed by atoms with Crippen molar-refractivity contribution in [1.82, 2.24) is 4.90 Å². The van der Waals surface area contributed by atoms with Gasteiger partial charge in [0.05, 0.1) is 24.2 Å². The number of carbonyl (C=O) groups is 2. The van der Waals surface area contributed by atoms with Crippen LogP contribution in [0, 0.1) is 11.3 Å². The molecule has 0 saturated heterocycles. The van der Waals surface area contributed by atoms with Gasteiger partial charge in [0, 0.05) is 22.7 Å². The number of carbonyl (C=O) groups excluding carboxylic acids is 2. The fraction of sp³-hybridized carbons (Fsp3) is 0.345. The zero-order chi connectivity index (χ0) is 25.9. The summed E-state index contributed by atoms with van der Waals surface area (Å²) in [5, 5.41) is 10.1. The average Bonchev–Trinajstić information content (AvgIpc) is 3.44. The van der Waals surface area contributed by atoms with Crippen LogP contribution < -0.4 is 0 Å².